The first-order chi connectivity index (χ1) is 12.5. The molecule has 1 fully saturated rings. The molecule has 4 rings (SSSR count). The highest BCUT2D eigenvalue weighted by molar-refractivity contribution is 7.88. The molecular formula is C18H20N4O2S2. The first kappa shape index (κ1) is 17.4. The molecule has 0 aliphatic carbocycles. The Morgan fingerprint density at radius 3 is 2.58 bits per heavy atom. The van der Waals surface area contributed by atoms with Gasteiger partial charge in [-0.05, 0) is 24.5 Å². The average Bonchev–Trinajstić information content (AvgIpc) is 3.06. The summed E-state index contributed by atoms with van der Waals surface area (Å²) < 4.78 is 25.5. The molecule has 136 valence electrons. The lowest BCUT2D eigenvalue weighted by molar-refractivity contribution is 0.460. The van der Waals surface area contributed by atoms with Gasteiger partial charge in [0, 0.05) is 24.0 Å². The van der Waals surface area contributed by atoms with Gasteiger partial charge in [0.05, 0.1) is 11.6 Å². The van der Waals surface area contributed by atoms with Gasteiger partial charge in [-0.15, -0.1) is 11.3 Å². The summed E-state index contributed by atoms with van der Waals surface area (Å²) >= 11 is 1.67. The minimum absolute atomic E-state index is 0.000863. The number of nitrogens with zero attached hydrogens (tertiary/aromatic N) is 3. The number of nitrogens with one attached hydrogen (secondary N) is 1. The Labute approximate surface area is 157 Å². The van der Waals surface area contributed by atoms with E-state index in [1.54, 1.807) is 17.7 Å². The third-order valence-electron chi connectivity index (χ3n) is 4.54. The van der Waals surface area contributed by atoms with Crippen molar-refractivity contribution in [3.8, 4) is 10.4 Å². The van der Waals surface area contributed by atoms with Crippen LogP contribution in [0.2, 0.25) is 0 Å². The summed E-state index contributed by atoms with van der Waals surface area (Å²) in [6, 6.07) is 12.4. The van der Waals surface area contributed by atoms with Gasteiger partial charge in [0.2, 0.25) is 10.0 Å². The maximum absolute atomic E-state index is 11.4. The predicted molar refractivity (Wildman–Crippen MR) is 106 cm³/mol. The van der Waals surface area contributed by atoms with E-state index >= 15 is 0 Å². The number of fused-ring (bicyclic) bond motifs is 1. The summed E-state index contributed by atoms with van der Waals surface area (Å²) in [5.41, 5.74) is 1.18. The molecule has 2 aromatic heterocycles. The molecule has 26 heavy (non-hydrogen) atoms. The van der Waals surface area contributed by atoms with E-state index in [1.165, 1.54) is 16.7 Å². The van der Waals surface area contributed by atoms with E-state index in [0.29, 0.717) is 0 Å². The average molecular weight is 389 g/mol. The van der Waals surface area contributed by atoms with Gasteiger partial charge >= 0.3 is 0 Å². The number of anilines is 1. The standard InChI is InChI=1S/C18H20N4O2S2/c1-26(23,24)21-14-7-9-22(10-8-14)17-15-11-16(13-5-3-2-4-6-13)25-18(15)20-12-19-17/h2-6,11-12,14,21H,7-10H2,1H3. The number of sulfonamides is 1. The summed E-state index contributed by atoms with van der Waals surface area (Å²) in [6.45, 7) is 1.55. The van der Waals surface area contributed by atoms with Crippen LogP contribution < -0.4 is 9.62 Å². The highest BCUT2D eigenvalue weighted by atomic mass is 32.2. The summed E-state index contributed by atoms with van der Waals surface area (Å²) in [5, 5.41) is 1.06. The lowest BCUT2D eigenvalue weighted by Gasteiger charge is -2.32. The SMILES string of the molecule is CS(=O)(=O)NC1CCN(c2ncnc3sc(-c4ccccc4)cc23)CC1. The summed E-state index contributed by atoms with van der Waals surface area (Å²) in [5.74, 6) is 0.936. The fourth-order valence-electron chi connectivity index (χ4n) is 3.35. The fourth-order valence-corrected chi connectivity index (χ4v) is 5.19. The second-order valence-corrected chi connectivity index (χ2v) is 9.35. The summed E-state index contributed by atoms with van der Waals surface area (Å²) in [7, 11) is -3.16. The largest absolute Gasteiger partial charge is 0.356 e. The zero-order valence-corrected chi connectivity index (χ0v) is 16.1. The van der Waals surface area contributed by atoms with Crippen LogP contribution >= 0.6 is 11.3 Å². The third kappa shape index (κ3) is 3.72. The van der Waals surface area contributed by atoms with Crippen LogP contribution in [0.15, 0.2) is 42.7 Å². The Hall–Kier alpha value is -2.03. The fraction of sp³-hybridized carbons (Fsp3) is 0.333. The monoisotopic (exact) mass is 388 g/mol. The lowest BCUT2D eigenvalue weighted by Crippen LogP contribution is -2.44. The van der Waals surface area contributed by atoms with E-state index in [0.717, 1.165) is 42.0 Å². The molecule has 3 heterocycles. The molecule has 0 bridgehead atoms. The van der Waals surface area contributed by atoms with Gasteiger partial charge in [-0.2, -0.15) is 0 Å². The van der Waals surface area contributed by atoms with E-state index in [4.69, 9.17) is 0 Å². The molecule has 0 radical (unpaired) electrons. The van der Waals surface area contributed by atoms with Gasteiger partial charge in [-0.25, -0.2) is 23.1 Å². The van der Waals surface area contributed by atoms with Crippen LogP contribution in [-0.2, 0) is 10.0 Å². The summed E-state index contributed by atoms with van der Waals surface area (Å²) in [6.07, 6.45) is 4.37. The van der Waals surface area contributed by atoms with Gasteiger partial charge < -0.3 is 4.90 Å². The molecule has 1 N–H and O–H groups in total. The zero-order chi connectivity index (χ0) is 18.1. The van der Waals surface area contributed by atoms with Crippen molar-refractivity contribution in [3.05, 3.63) is 42.7 Å². The van der Waals surface area contributed by atoms with Gasteiger partial charge in [0.15, 0.2) is 0 Å². The van der Waals surface area contributed by atoms with E-state index in [2.05, 4.69) is 37.8 Å². The van der Waals surface area contributed by atoms with Crippen LogP contribution in [-0.4, -0.2) is 43.8 Å². The second kappa shape index (κ2) is 6.94. The number of piperidine rings is 1. The number of thiophene rings is 1. The normalized spacial score (nSPS) is 16.3. The molecule has 1 aliphatic heterocycles. The first-order valence-corrected chi connectivity index (χ1v) is 11.2. The number of aromatic nitrogens is 2. The van der Waals surface area contributed by atoms with Crippen molar-refractivity contribution in [3.63, 3.8) is 0 Å². The number of rotatable bonds is 4. The van der Waals surface area contributed by atoms with Crippen molar-refractivity contribution < 1.29 is 8.42 Å². The Balaban J connectivity index is 1.59. The third-order valence-corrected chi connectivity index (χ3v) is 6.40. The second-order valence-electron chi connectivity index (χ2n) is 6.54. The Bertz CT molecular complexity index is 1010. The van der Waals surface area contributed by atoms with Gasteiger partial charge in [0.1, 0.15) is 17.0 Å². The van der Waals surface area contributed by atoms with Gasteiger partial charge in [-0.1, -0.05) is 30.3 Å². The topological polar surface area (TPSA) is 75.2 Å². The molecule has 0 spiro atoms. The van der Waals surface area contributed by atoms with Crippen LogP contribution in [0.1, 0.15) is 12.8 Å². The number of hydrogen-bond donors (Lipinski definition) is 1. The summed E-state index contributed by atoms with van der Waals surface area (Å²) in [4.78, 5) is 13.3. The molecule has 0 unspecified atom stereocenters. The van der Waals surface area contributed by atoms with Crippen LogP contribution in [0, 0.1) is 0 Å². The number of hydrogen-bond acceptors (Lipinski definition) is 6. The van der Waals surface area contributed by atoms with Crippen LogP contribution in [0.5, 0.6) is 0 Å². The van der Waals surface area contributed by atoms with E-state index in [9.17, 15) is 8.42 Å². The Morgan fingerprint density at radius 1 is 1.15 bits per heavy atom. The Morgan fingerprint density at radius 2 is 1.88 bits per heavy atom. The number of benzene rings is 1. The molecule has 3 aromatic rings. The van der Waals surface area contributed by atoms with Gasteiger partial charge in [-0.3, -0.25) is 0 Å². The van der Waals surface area contributed by atoms with Crippen molar-refractivity contribution in [2.24, 2.45) is 0 Å². The predicted octanol–water partition coefficient (Wildman–Crippen LogP) is 2.88. The van der Waals surface area contributed by atoms with E-state index in [-0.39, 0.29) is 6.04 Å². The van der Waals surface area contributed by atoms with Crippen molar-refractivity contribution in [1.29, 1.82) is 0 Å². The van der Waals surface area contributed by atoms with Crippen LogP contribution in [0.3, 0.4) is 0 Å². The van der Waals surface area contributed by atoms with Crippen LogP contribution in [0.25, 0.3) is 20.7 Å². The molecular weight excluding hydrogens is 368 g/mol. The maximum atomic E-state index is 11.4. The molecule has 8 heteroatoms. The van der Waals surface area contributed by atoms with Crippen molar-refractivity contribution in [2.75, 3.05) is 24.2 Å². The van der Waals surface area contributed by atoms with Gasteiger partial charge in [0.25, 0.3) is 0 Å². The maximum Gasteiger partial charge on any atom is 0.208 e. The molecule has 0 saturated carbocycles. The van der Waals surface area contributed by atoms with Crippen molar-refractivity contribution in [2.45, 2.75) is 18.9 Å². The zero-order valence-electron chi connectivity index (χ0n) is 14.4. The van der Waals surface area contributed by atoms with E-state index < -0.39 is 10.0 Å². The lowest BCUT2D eigenvalue weighted by atomic mass is 10.1. The quantitative estimate of drug-likeness (QED) is 0.744. The van der Waals surface area contributed by atoms with Crippen molar-refractivity contribution >= 4 is 37.4 Å². The molecule has 0 amide bonds. The molecule has 1 saturated heterocycles. The smallest absolute Gasteiger partial charge is 0.208 e. The minimum Gasteiger partial charge on any atom is -0.356 e. The first-order valence-electron chi connectivity index (χ1n) is 8.52. The minimum atomic E-state index is -3.16. The highest BCUT2D eigenvalue weighted by Gasteiger charge is 2.24. The molecule has 6 nitrogen and oxygen atoms in total. The molecule has 1 aliphatic rings. The van der Waals surface area contributed by atoms with Crippen molar-refractivity contribution in [1.82, 2.24) is 14.7 Å². The molecule has 1 aromatic carbocycles. The van der Waals surface area contributed by atoms with E-state index in [1.807, 2.05) is 18.2 Å². The molecule has 0 atom stereocenters. The Kier molecular flexibility index (Phi) is 4.64. The highest BCUT2D eigenvalue weighted by Crippen LogP contribution is 2.36. The van der Waals surface area contributed by atoms with Crippen LogP contribution in [0.4, 0.5) is 5.82 Å².